The Hall–Kier alpha value is -3.19. The summed E-state index contributed by atoms with van der Waals surface area (Å²) >= 11 is 6.56. The number of esters is 1. The molecular formula is C55H65NaO10S4. The van der Waals surface area contributed by atoms with E-state index in [0.29, 0.717) is 0 Å². The molecule has 2 fully saturated rings. The molecule has 10 atom stereocenters. The van der Waals surface area contributed by atoms with Crippen LogP contribution in [0.3, 0.4) is 0 Å². The van der Waals surface area contributed by atoms with Crippen molar-refractivity contribution in [1.29, 1.82) is 0 Å². The summed E-state index contributed by atoms with van der Waals surface area (Å²) in [5, 5.41) is 39.3. The molecule has 0 radical (unpaired) electrons. The van der Waals surface area contributed by atoms with E-state index < -0.39 is 29.9 Å². The summed E-state index contributed by atoms with van der Waals surface area (Å²) in [4.78, 5) is 16.7. The molecule has 0 saturated carbocycles. The zero-order chi connectivity index (χ0) is 49.9. The van der Waals surface area contributed by atoms with Crippen molar-refractivity contribution < 1.29 is 78.5 Å². The fraction of sp³-hybridized carbons (Fsp3) is 0.400. The van der Waals surface area contributed by atoms with Crippen LogP contribution in [-0.2, 0) is 31.8 Å². The van der Waals surface area contributed by atoms with E-state index in [4.69, 9.17) is 28.8 Å². The molecule has 0 aliphatic carbocycles. The number of benzene rings is 4. The van der Waals surface area contributed by atoms with Crippen molar-refractivity contribution in [3.05, 3.63) is 152 Å². The van der Waals surface area contributed by atoms with Crippen LogP contribution in [0.1, 0.15) is 76.1 Å². The van der Waals surface area contributed by atoms with Crippen LogP contribution < -0.4 is 44.1 Å². The molecule has 8 rings (SSSR count). The number of rotatable bonds is 13. The molecule has 0 spiro atoms. The molecule has 3 N–H and O–H groups in total. The molecule has 70 heavy (non-hydrogen) atoms. The van der Waals surface area contributed by atoms with Gasteiger partial charge in [0.15, 0.2) is 0 Å². The van der Waals surface area contributed by atoms with E-state index in [0.717, 1.165) is 69.7 Å². The van der Waals surface area contributed by atoms with Crippen LogP contribution >= 0.6 is 46.2 Å². The normalized spacial score (nSPS) is 23.9. The molecule has 0 bridgehead atoms. The zero-order valence-electron chi connectivity index (χ0n) is 41.9. The molecule has 6 aromatic rings. The average Bonchev–Trinajstić information content (AvgIpc) is 4.04. The second kappa shape index (κ2) is 27.2. The Balaban J connectivity index is 0.000000249. The number of thiophene rings is 2. The number of aliphatic hydroxyl groups is 3. The van der Waals surface area contributed by atoms with Gasteiger partial charge in [-0.3, -0.25) is 4.79 Å². The van der Waals surface area contributed by atoms with Gasteiger partial charge in [-0.05, 0) is 115 Å². The first-order valence-corrected chi connectivity index (χ1v) is 27.1. The molecule has 4 aromatic carbocycles. The van der Waals surface area contributed by atoms with Crippen LogP contribution in [0, 0.1) is 19.8 Å². The number of thioether (sulfide) groups is 2. The molecule has 2 aliphatic heterocycles. The van der Waals surface area contributed by atoms with Gasteiger partial charge in [-0.15, -0.1) is 34.4 Å². The van der Waals surface area contributed by atoms with Gasteiger partial charge in [0, 0.05) is 56.3 Å². The van der Waals surface area contributed by atoms with Gasteiger partial charge in [0.2, 0.25) is 0 Å². The van der Waals surface area contributed by atoms with Crippen molar-refractivity contribution in [3.8, 4) is 32.4 Å². The number of hydrogen-bond donors (Lipinski definition) is 3. The fourth-order valence-corrected chi connectivity index (χ4v) is 12.6. The number of methoxy groups -OCH3 is 2. The Kier molecular flexibility index (Phi) is 22.4. The Morgan fingerprint density at radius 1 is 0.657 bits per heavy atom. The van der Waals surface area contributed by atoms with Gasteiger partial charge in [0.25, 0.3) is 0 Å². The van der Waals surface area contributed by atoms with Crippen LogP contribution in [0.2, 0.25) is 0 Å². The largest absolute Gasteiger partial charge is 1.00 e. The van der Waals surface area contributed by atoms with Crippen molar-refractivity contribution >= 4 is 52.2 Å². The van der Waals surface area contributed by atoms with Crippen molar-refractivity contribution in [2.24, 2.45) is 5.92 Å². The second-order valence-corrected chi connectivity index (χ2v) is 21.5. The third-order valence-corrected chi connectivity index (χ3v) is 17.0. The molecule has 15 heteroatoms. The topological polar surface area (TPSA) is 147 Å². The minimum Gasteiger partial charge on any atom is -0.857 e. The van der Waals surface area contributed by atoms with Crippen LogP contribution in [0.25, 0.3) is 20.9 Å². The van der Waals surface area contributed by atoms with Gasteiger partial charge in [0.1, 0.15) is 47.5 Å². The summed E-state index contributed by atoms with van der Waals surface area (Å²) in [5.41, 5.74) is 8.36. The molecule has 0 amide bonds. The van der Waals surface area contributed by atoms with Crippen LogP contribution in [0.5, 0.6) is 11.5 Å². The van der Waals surface area contributed by atoms with E-state index in [1.165, 1.54) is 44.4 Å². The number of aliphatic hydroxyl groups excluding tert-OH is 3. The maximum absolute atomic E-state index is 11.8. The van der Waals surface area contributed by atoms with Crippen LogP contribution in [0.4, 0.5) is 0 Å². The smallest absolute Gasteiger partial charge is 0.857 e. The van der Waals surface area contributed by atoms with Gasteiger partial charge in [-0.2, -0.15) is 18.9 Å². The molecular weight excluding hydrogens is 972 g/mol. The Labute approximate surface area is 452 Å². The van der Waals surface area contributed by atoms with E-state index in [1.807, 2.05) is 60.9 Å². The minimum absolute atomic E-state index is 0. The summed E-state index contributed by atoms with van der Waals surface area (Å²) in [6.07, 6.45) is 0.909. The number of carbonyl (C=O) groups is 1. The van der Waals surface area contributed by atoms with Gasteiger partial charge in [-0.1, -0.05) is 67.6 Å². The molecule has 10 nitrogen and oxygen atoms in total. The number of aryl methyl sites for hydroxylation is 2. The third kappa shape index (κ3) is 13.7. The Morgan fingerprint density at radius 3 is 1.60 bits per heavy atom. The summed E-state index contributed by atoms with van der Waals surface area (Å²) in [7, 11) is 4.15. The summed E-state index contributed by atoms with van der Waals surface area (Å²) in [5.74, 6) is 1.65. The van der Waals surface area contributed by atoms with E-state index >= 15 is 0 Å². The standard InChI is InChI=1S/C29H34O4S2.C25H28O5S2.CH3O.Na/c1-17-11-12-21(28-29(34-6)27(33-20(4)30)18(2)19(3)32-28)15-22(17)16-23-13-14-26(35-23)24-9-7-8-10-25(24)31-5;1-14-8-9-15(24-22(27)21(26)23(28)25(30-24)31-3)12-16(14)13-17-10-11-20(32-17)18-6-4-5-7-19(18)29-2;1-2;/h7-15,18-19,27-29H,16H2,1-6H3;4-12,21-28H,13H2,1-3H3;1H3;/q;;-1;+1/t18-,19-,27+,28?,29-;21-,22-,23+,24?,25-;;/m11../s1. The Bertz CT molecular complexity index is 2600. The molecule has 4 heterocycles. The maximum Gasteiger partial charge on any atom is 1.00 e. The van der Waals surface area contributed by atoms with E-state index in [9.17, 15) is 20.1 Å². The van der Waals surface area contributed by atoms with Gasteiger partial charge < -0.3 is 44.1 Å². The molecule has 2 saturated heterocycles. The number of hydrogen-bond acceptors (Lipinski definition) is 14. The van der Waals surface area contributed by atoms with Gasteiger partial charge in [0.05, 0.1) is 31.7 Å². The number of carbonyl (C=O) groups excluding carboxylic acids is 1. The minimum atomic E-state index is -1.25. The average molecular weight is 1040 g/mol. The quantitative estimate of drug-likeness (QED) is 0.0793. The van der Waals surface area contributed by atoms with E-state index in [-0.39, 0.29) is 65.0 Å². The number of para-hydroxylation sites is 2. The molecule has 370 valence electrons. The zero-order valence-corrected chi connectivity index (χ0v) is 47.2. The van der Waals surface area contributed by atoms with Gasteiger partial charge >= 0.3 is 35.5 Å². The first-order chi connectivity index (χ1) is 33.2. The third-order valence-electron chi connectivity index (χ3n) is 12.8. The SMILES string of the molecule is COc1ccccc1-c1ccc(Cc2cc(C3O[C@H](C)[C@@H](C)[C@H](OC(C)=O)[C@H]3SC)ccc2C)s1.COc1ccccc1-c1ccc(Cc2cc(C3O[C@H](SC)[C@@H](O)[C@H](O)[C@H]3O)ccc2C)s1.C[O-].[Na+]. The van der Waals surface area contributed by atoms with Crippen molar-refractivity contribution in [2.75, 3.05) is 33.8 Å². The molecule has 2 unspecified atom stereocenters. The summed E-state index contributed by atoms with van der Waals surface area (Å²) in [6.45, 7) is 9.89. The van der Waals surface area contributed by atoms with E-state index in [2.05, 4.69) is 88.5 Å². The summed E-state index contributed by atoms with van der Waals surface area (Å²) in [6, 6.07) is 37.4. The predicted octanol–water partition coefficient (Wildman–Crippen LogP) is 7.23. The molecule has 2 aromatic heterocycles. The van der Waals surface area contributed by atoms with Crippen LogP contribution in [-0.4, -0.2) is 96.3 Å². The predicted molar refractivity (Wildman–Crippen MR) is 281 cm³/mol. The first-order valence-electron chi connectivity index (χ1n) is 22.9. The fourth-order valence-electron chi connectivity index (χ4n) is 8.81. The first kappa shape index (κ1) is 57.7. The van der Waals surface area contributed by atoms with Crippen molar-refractivity contribution in [1.82, 2.24) is 0 Å². The Morgan fingerprint density at radius 2 is 1.14 bits per heavy atom. The molecule has 2 aliphatic rings. The monoisotopic (exact) mass is 1040 g/mol. The maximum atomic E-state index is 11.8. The van der Waals surface area contributed by atoms with Crippen LogP contribution in [0.15, 0.2) is 109 Å². The second-order valence-electron chi connectivity index (χ2n) is 17.2. The van der Waals surface area contributed by atoms with Crippen molar-refractivity contribution in [3.63, 3.8) is 0 Å². The number of ether oxygens (including phenoxy) is 5. The van der Waals surface area contributed by atoms with Crippen molar-refractivity contribution in [2.45, 2.75) is 101 Å². The van der Waals surface area contributed by atoms with E-state index in [1.54, 1.807) is 48.7 Å². The summed E-state index contributed by atoms with van der Waals surface area (Å²) < 4.78 is 29.3. The van der Waals surface area contributed by atoms with Gasteiger partial charge in [-0.25, -0.2) is 0 Å².